The zero-order valence-corrected chi connectivity index (χ0v) is 17.5. The molecule has 2 aliphatic heterocycles. The van der Waals surface area contributed by atoms with Gasteiger partial charge in [-0.3, -0.25) is 4.79 Å². The van der Waals surface area contributed by atoms with E-state index in [4.69, 9.17) is 0 Å². The fourth-order valence-corrected chi connectivity index (χ4v) is 4.95. The van der Waals surface area contributed by atoms with Crippen molar-refractivity contribution >= 4 is 22.4 Å². The van der Waals surface area contributed by atoms with Crippen molar-refractivity contribution in [3.05, 3.63) is 5.01 Å². The summed E-state index contributed by atoms with van der Waals surface area (Å²) >= 11 is 1.73. The van der Waals surface area contributed by atoms with Gasteiger partial charge in [-0.1, -0.05) is 25.2 Å². The number of amides is 1. The molecule has 0 N–H and O–H groups in total. The number of likely N-dealkylation sites (tertiary alicyclic amines) is 1. The Morgan fingerprint density at radius 1 is 1.19 bits per heavy atom. The third-order valence-electron chi connectivity index (χ3n) is 5.80. The van der Waals surface area contributed by atoms with Gasteiger partial charge in [0, 0.05) is 38.5 Å². The lowest BCUT2D eigenvalue weighted by atomic mass is 9.72. The van der Waals surface area contributed by atoms with Gasteiger partial charge in [0.2, 0.25) is 11.0 Å². The van der Waals surface area contributed by atoms with Crippen LogP contribution in [0.1, 0.15) is 56.9 Å². The molecular formula is C19H33N5OS. The van der Waals surface area contributed by atoms with Crippen molar-refractivity contribution in [2.45, 2.75) is 51.9 Å². The molecule has 0 atom stereocenters. The Bertz CT molecular complexity index is 607. The van der Waals surface area contributed by atoms with Gasteiger partial charge in [0.1, 0.15) is 5.01 Å². The molecule has 6 nitrogen and oxygen atoms in total. The second kappa shape index (κ2) is 8.21. The summed E-state index contributed by atoms with van der Waals surface area (Å²) in [6.07, 6.45) is 5.14. The van der Waals surface area contributed by atoms with E-state index in [-0.39, 0.29) is 0 Å². The summed E-state index contributed by atoms with van der Waals surface area (Å²) < 4.78 is 0. The molecule has 3 rings (SSSR count). The fourth-order valence-electron chi connectivity index (χ4n) is 4.05. The van der Waals surface area contributed by atoms with Crippen LogP contribution in [0.4, 0.5) is 5.13 Å². The highest BCUT2D eigenvalue weighted by molar-refractivity contribution is 7.15. The molecule has 1 aromatic rings. The van der Waals surface area contributed by atoms with E-state index in [0.29, 0.717) is 17.2 Å². The predicted octanol–water partition coefficient (Wildman–Crippen LogP) is 2.82. The van der Waals surface area contributed by atoms with Crippen molar-refractivity contribution in [2.75, 3.05) is 51.7 Å². The number of rotatable bonds is 6. The van der Waals surface area contributed by atoms with Crippen LogP contribution in [0.25, 0.3) is 0 Å². The molecule has 3 heterocycles. The number of anilines is 1. The van der Waals surface area contributed by atoms with E-state index in [9.17, 15) is 4.79 Å². The third-order valence-corrected chi connectivity index (χ3v) is 7.08. The van der Waals surface area contributed by atoms with Crippen LogP contribution in [0.3, 0.4) is 0 Å². The van der Waals surface area contributed by atoms with E-state index in [2.05, 4.69) is 52.8 Å². The van der Waals surface area contributed by atoms with E-state index < -0.39 is 0 Å². The molecule has 26 heavy (non-hydrogen) atoms. The van der Waals surface area contributed by atoms with Crippen LogP contribution in [-0.4, -0.2) is 72.7 Å². The second-order valence-corrected chi connectivity index (χ2v) is 9.52. The van der Waals surface area contributed by atoms with E-state index in [1.807, 2.05) is 0 Å². The van der Waals surface area contributed by atoms with E-state index >= 15 is 0 Å². The second-order valence-electron chi connectivity index (χ2n) is 8.54. The fraction of sp³-hybridized carbons (Fsp3) is 0.842. The smallest absolute Gasteiger partial charge is 0.222 e. The summed E-state index contributed by atoms with van der Waals surface area (Å²) in [5.74, 6) is 0.792. The van der Waals surface area contributed by atoms with Crippen LogP contribution < -0.4 is 4.90 Å². The minimum absolute atomic E-state index is 0.314. The maximum Gasteiger partial charge on any atom is 0.222 e. The van der Waals surface area contributed by atoms with Crippen molar-refractivity contribution < 1.29 is 4.79 Å². The molecule has 2 aliphatic rings. The van der Waals surface area contributed by atoms with Crippen molar-refractivity contribution in [3.8, 4) is 0 Å². The van der Waals surface area contributed by atoms with Gasteiger partial charge < -0.3 is 14.7 Å². The first-order valence-corrected chi connectivity index (χ1v) is 10.7. The molecule has 146 valence electrons. The summed E-state index contributed by atoms with van der Waals surface area (Å²) in [5.41, 5.74) is 0.314. The predicted molar refractivity (Wildman–Crippen MR) is 107 cm³/mol. The molecule has 0 bridgehead atoms. The molecule has 0 unspecified atom stereocenters. The molecule has 0 aromatic carbocycles. The lowest BCUT2D eigenvalue weighted by Gasteiger charge is -2.47. The molecule has 2 fully saturated rings. The molecule has 7 heteroatoms. The van der Waals surface area contributed by atoms with Gasteiger partial charge in [0.05, 0.1) is 0 Å². The molecule has 1 spiro atoms. The number of piperidine rings is 2. The molecule has 0 aliphatic carbocycles. The summed E-state index contributed by atoms with van der Waals surface area (Å²) in [5, 5.41) is 10.9. The Balaban J connectivity index is 1.55. The first-order chi connectivity index (χ1) is 12.4. The van der Waals surface area contributed by atoms with Gasteiger partial charge >= 0.3 is 0 Å². The van der Waals surface area contributed by atoms with Gasteiger partial charge in [0.15, 0.2) is 0 Å². The SMILES string of the molecule is CC(C)c1nnc(N2CCC3(CCC(=O)N(CCCN(C)C)C3)CC2)s1. The van der Waals surface area contributed by atoms with Crippen LogP contribution in [0.5, 0.6) is 0 Å². The number of carbonyl (C=O) groups is 1. The topological polar surface area (TPSA) is 52.6 Å². The normalized spacial score (nSPS) is 20.6. The van der Waals surface area contributed by atoms with Crippen LogP contribution in [0.2, 0.25) is 0 Å². The van der Waals surface area contributed by atoms with Crippen molar-refractivity contribution in [2.24, 2.45) is 5.41 Å². The van der Waals surface area contributed by atoms with Gasteiger partial charge in [-0.2, -0.15) is 0 Å². The highest BCUT2D eigenvalue weighted by Crippen LogP contribution is 2.41. The number of carbonyl (C=O) groups excluding carboxylic acids is 1. The zero-order valence-electron chi connectivity index (χ0n) is 16.7. The van der Waals surface area contributed by atoms with Crippen molar-refractivity contribution in [1.82, 2.24) is 20.0 Å². The van der Waals surface area contributed by atoms with Crippen molar-refractivity contribution in [3.63, 3.8) is 0 Å². The van der Waals surface area contributed by atoms with Gasteiger partial charge in [0.25, 0.3) is 0 Å². The largest absolute Gasteiger partial charge is 0.347 e. The average molecular weight is 380 g/mol. The molecule has 1 aromatic heterocycles. The number of hydrogen-bond acceptors (Lipinski definition) is 6. The Kier molecular flexibility index (Phi) is 6.17. The maximum atomic E-state index is 12.3. The molecular weight excluding hydrogens is 346 g/mol. The first kappa shape index (κ1) is 19.5. The highest BCUT2D eigenvalue weighted by Gasteiger charge is 2.41. The molecule has 1 amide bonds. The molecule has 0 radical (unpaired) electrons. The highest BCUT2D eigenvalue weighted by atomic mass is 32.1. The van der Waals surface area contributed by atoms with Gasteiger partial charge in [-0.25, -0.2) is 0 Å². The third kappa shape index (κ3) is 4.55. The van der Waals surface area contributed by atoms with E-state index in [0.717, 1.165) is 75.0 Å². The lowest BCUT2D eigenvalue weighted by molar-refractivity contribution is -0.138. The summed E-state index contributed by atoms with van der Waals surface area (Å²) in [4.78, 5) is 19.0. The summed E-state index contributed by atoms with van der Waals surface area (Å²) in [6.45, 7) is 9.29. The monoisotopic (exact) mass is 379 g/mol. The lowest BCUT2D eigenvalue weighted by Crippen LogP contribution is -2.51. The van der Waals surface area contributed by atoms with E-state index in [1.54, 1.807) is 11.3 Å². The quantitative estimate of drug-likeness (QED) is 0.761. The molecule has 2 saturated heterocycles. The minimum Gasteiger partial charge on any atom is -0.347 e. The number of nitrogens with zero attached hydrogens (tertiary/aromatic N) is 5. The van der Waals surface area contributed by atoms with Crippen LogP contribution in [0.15, 0.2) is 0 Å². The van der Waals surface area contributed by atoms with Crippen LogP contribution in [-0.2, 0) is 4.79 Å². The number of aromatic nitrogens is 2. The number of hydrogen-bond donors (Lipinski definition) is 0. The zero-order chi connectivity index (χ0) is 18.7. The Morgan fingerprint density at radius 2 is 1.92 bits per heavy atom. The molecule has 0 saturated carbocycles. The summed E-state index contributed by atoms with van der Waals surface area (Å²) in [7, 11) is 4.18. The maximum absolute atomic E-state index is 12.3. The Hall–Kier alpha value is -1.21. The average Bonchev–Trinajstić information content (AvgIpc) is 3.09. The standard InChI is InChI=1S/C19H33N5OS/c1-15(2)17-20-21-18(26-17)23-12-8-19(9-13-23)7-6-16(25)24(14-19)11-5-10-22(3)4/h15H,5-14H2,1-4H3. The van der Waals surface area contributed by atoms with Crippen LogP contribution >= 0.6 is 11.3 Å². The Morgan fingerprint density at radius 3 is 2.54 bits per heavy atom. The van der Waals surface area contributed by atoms with Crippen LogP contribution in [0, 0.1) is 5.41 Å². The summed E-state index contributed by atoms with van der Waals surface area (Å²) in [6, 6.07) is 0. The van der Waals surface area contributed by atoms with Gasteiger partial charge in [-0.15, -0.1) is 10.2 Å². The first-order valence-electron chi connectivity index (χ1n) is 9.89. The van der Waals surface area contributed by atoms with E-state index in [1.165, 1.54) is 0 Å². The Labute approximate surface area is 161 Å². The van der Waals surface area contributed by atoms with Crippen molar-refractivity contribution in [1.29, 1.82) is 0 Å². The van der Waals surface area contributed by atoms with Gasteiger partial charge in [-0.05, 0) is 51.7 Å². The minimum atomic E-state index is 0.314.